The summed E-state index contributed by atoms with van der Waals surface area (Å²) in [5, 5.41) is 2.87. The quantitative estimate of drug-likeness (QED) is 0.731. The molecular formula is C22H25F2N3O2. The molecule has 5 nitrogen and oxygen atoms in total. The Morgan fingerprint density at radius 2 is 2.07 bits per heavy atom. The summed E-state index contributed by atoms with van der Waals surface area (Å²) in [5.41, 5.74) is 8.01. The average molecular weight is 401 g/mol. The highest BCUT2D eigenvalue weighted by atomic mass is 19.1. The predicted molar refractivity (Wildman–Crippen MR) is 109 cm³/mol. The van der Waals surface area contributed by atoms with Crippen molar-refractivity contribution in [2.75, 3.05) is 31.1 Å². The van der Waals surface area contributed by atoms with Crippen LogP contribution in [0.15, 0.2) is 48.5 Å². The summed E-state index contributed by atoms with van der Waals surface area (Å²) in [5.74, 6) is -1.72. The highest BCUT2D eigenvalue weighted by Crippen LogP contribution is 2.22. The van der Waals surface area contributed by atoms with Crippen molar-refractivity contribution in [2.24, 2.45) is 5.73 Å². The lowest BCUT2D eigenvalue weighted by Crippen LogP contribution is -2.45. The topological polar surface area (TPSA) is 67.6 Å². The van der Waals surface area contributed by atoms with Gasteiger partial charge in [0.1, 0.15) is 11.6 Å². The molecule has 1 amide bonds. The molecule has 0 radical (unpaired) electrons. The van der Waals surface area contributed by atoms with E-state index in [-0.39, 0.29) is 23.6 Å². The molecule has 2 aromatic rings. The summed E-state index contributed by atoms with van der Waals surface area (Å²) in [6, 6.07) is 10.8. The number of amides is 1. The molecule has 154 valence electrons. The molecule has 0 aliphatic carbocycles. The lowest BCUT2D eigenvalue weighted by atomic mass is 10.1. The van der Waals surface area contributed by atoms with Crippen molar-refractivity contribution >= 4 is 17.7 Å². The Labute approximate surface area is 169 Å². The minimum Gasteiger partial charge on any atom is -0.373 e. The van der Waals surface area contributed by atoms with Crippen molar-refractivity contribution in [1.82, 2.24) is 5.32 Å². The SMILES string of the molecule is C[C@H](NC(=O)C=Cc1cc(F)cc(F)c1)c1cccc(N2CCOC(CN)C2)c1. The van der Waals surface area contributed by atoms with Crippen LogP contribution in [0.1, 0.15) is 24.1 Å². The first kappa shape index (κ1) is 21.0. The van der Waals surface area contributed by atoms with Gasteiger partial charge >= 0.3 is 0 Å². The van der Waals surface area contributed by atoms with Crippen molar-refractivity contribution in [2.45, 2.75) is 19.1 Å². The fourth-order valence-corrected chi connectivity index (χ4v) is 3.28. The van der Waals surface area contributed by atoms with E-state index in [1.165, 1.54) is 12.2 Å². The molecule has 2 aromatic carbocycles. The van der Waals surface area contributed by atoms with E-state index in [2.05, 4.69) is 10.2 Å². The number of carbonyl (C=O) groups is 1. The third-order valence-corrected chi connectivity index (χ3v) is 4.81. The lowest BCUT2D eigenvalue weighted by molar-refractivity contribution is -0.117. The van der Waals surface area contributed by atoms with E-state index in [1.54, 1.807) is 0 Å². The Morgan fingerprint density at radius 1 is 1.31 bits per heavy atom. The first-order valence-corrected chi connectivity index (χ1v) is 9.56. The number of rotatable bonds is 6. The molecule has 0 saturated carbocycles. The zero-order chi connectivity index (χ0) is 20.8. The van der Waals surface area contributed by atoms with Crippen molar-refractivity contribution < 1.29 is 18.3 Å². The maximum Gasteiger partial charge on any atom is 0.244 e. The summed E-state index contributed by atoms with van der Waals surface area (Å²) in [4.78, 5) is 14.4. The van der Waals surface area contributed by atoms with E-state index < -0.39 is 11.6 Å². The molecule has 1 unspecified atom stereocenters. The third kappa shape index (κ3) is 5.85. The largest absolute Gasteiger partial charge is 0.373 e. The molecule has 1 heterocycles. The summed E-state index contributed by atoms with van der Waals surface area (Å²) >= 11 is 0. The van der Waals surface area contributed by atoms with E-state index in [9.17, 15) is 13.6 Å². The fraction of sp³-hybridized carbons (Fsp3) is 0.318. The Hall–Kier alpha value is -2.77. The Bertz CT molecular complexity index is 868. The highest BCUT2D eigenvalue weighted by Gasteiger charge is 2.20. The van der Waals surface area contributed by atoms with Gasteiger partial charge in [0, 0.05) is 37.5 Å². The van der Waals surface area contributed by atoms with Gasteiger partial charge in [-0.1, -0.05) is 12.1 Å². The van der Waals surface area contributed by atoms with Gasteiger partial charge in [-0.3, -0.25) is 4.79 Å². The number of nitrogens with one attached hydrogen (secondary N) is 1. The number of nitrogens with zero attached hydrogens (tertiary/aromatic N) is 1. The molecule has 0 aromatic heterocycles. The highest BCUT2D eigenvalue weighted by molar-refractivity contribution is 5.92. The smallest absolute Gasteiger partial charge is 0.244 e. The van der Waals surface area contributed by atoms with Crippen LogP contribution in [-0.2, 0) is 9.53 Å². The molecular weight excluding hydrogens is 376 g/mol. The van der Waals surface area contributed by atoms with Crippen LogP contribution in [-0.4, -0.2) is 38.3 Å². The van der Waals surface area contributed by atoms with Gasteiger partial charge in [-0.15, -0.1) is 0 Å². The van der Waals surface area contributed by atoms with Crippen LogP contribution in [0.4, 0.5) is 14.5 Å². The number of carbonyl (C=O) groups excluding carboxylic acids is 1. The van der Waals surface area contributed by atoms with E-state index in [1.807, 2.05) is 31.2 Å². The van der Waals surface area contributed by atoms with Crippen LogP contribution < -0.4 is 16.0 Å². The van der Waals surface area contributed by atoms with Crippen molar-refractivity contribution in [3.8, 4) is 0 Å². The van der Waals surface area contributed by atoms with Crippen LogP contribution in [0.5, 0.6) is 0 Å². The van der Waals surface area contributed by atoms with Crippen molar-refractivity contribution in [3.05, 3.63) is 71.3 Å². The molecule has 1 aliphatic heterocycles. The van der Waals surface area contributed by atoms with Gasteiger partial charge in [0.15, 0.2) is 0 Å². The fourth-order valence-electron chi connectivity index (χ4n) is 3.28. The van der Waals surface area contributed by atoms with Gasteiger partial charge in [-0.25, -0.2) is 8.78 Å². The van der Waals surface area contributed by atoms with Gasteiger partial charge in [0.2, 0.25) is 5.91 Å². The Kier molecular flexibility index (Phi) is 6.95. The minimum atomic E-state index is -0.685. The Balaban J connectivity index is 1.63. The predicted octanol–water partition coefficient (Wildman–Crippen LogP) is 3.02. The maximum absolute atomic E-state index is 13.2. The molecule has 2 atom stereocenters. The zero-order valence-electron chi connectivity index (χ0n) is 16.3. The molecule has 29 heavy (non-hydrogen) atoms. The first-order chi connectivity index (χ1) is 13.9. The molecule has 3 N–H and O–H groups in total. The standard InChI is InChI=1S/C22H25F2N3O2/c1-15(26-22(28)6-5-16-9-18(23)12-19(24)10-16)17-3-2-4-20(11-17)27-7-8-29-21(13-25)14-27/h2-6,9-12,15,21H,7-8,13-14,25H2,1H3,(H,26,28)/t15-,21?/m0/s1. The van der Waals surface area contributed by atoms with Crippen LogP contribution in [0.3, 0.4) is 0 Å². The van der Waals surface area contributed by atoms with Crippen molar-refractivity contribution in [3.63, 3.8) is 0 Å². The Morgan fingerprint density at radius 3 is 2.79 bits per heavy atom. The normalized spacial score (nSPS) is 18.1. The number of ether oxygens (including phenoxy) is 1. The summed E-state index contributed by atoms with van der Waals surface area (Å²) < 4.78 is 32.1. The van der Waals surface area contributed by atoms with Gasteiger partial charge in [0.05, 0.1) is 18.8 Å². The van der Waals surface area contributed by atoms with E-state index >= 15 is 0 Å². The van der Waals surface area contributed by atoms with Crippen LogP contribution >= 0.6 is 0 Å². The summed E-state index contributed by atoms with van der Waals surface area (Å²) in [6.07, 6.45) is 2.66. The molecule has 1 aliphatic rings. The summed E-state index contributed by atoms with van der Waals surface area (Å²) in [7, 11) is 0. The second kappa shape index (κ2) is 9.62. The van der Waals surface area contributed by atoms with E-state index in [0.717, 1.165) is 42.5 Å². The number of halogens is 2. The molecule has 1 fully saturated rings. The number of benzene rings is 2. The van der Waals surface area contributed by atoms with Crippen LogP contribution in [0.25, 0.3) is 6.08 Å². The second-order valence-corrected chi connectivity index (χ2v) is 7.04. The molecule has 1 saturated heterocycles. The van der Waals surface area contributed by atoms with Gasteiger partial charge in [0.25, 0.3) is 0 Å². The summed E-state index contributed by atoms with van der Waals surface area (Å²) in [6.45, 7) is 4.50. The average Bonchev–Trinajstić information content (AvgIpc) is 2.71. The molecule has 0 spiro atoms. The van der Waals surface area contributed by atoms with Crippen molar-refractivity contribution in [1.29, 1.82) is 0 Å². The first-order valence-electron chi connectivity index (χ1n) is 9.56. The molecule has 7 heteroatoms. The van der Waals surface area contributed by atoms with Crippen LogP contribution in [0.2, 0.25) is 0 Å². The van der Waals surface area contributed by atoms with Crippen LogP contribution in [0, 0.1) is 11.6 Å². The maximum atomic E-state index is 13.2. The number of anilines is 1. The molecule has 0 bridgehead atoms. The van der Waals surface area contributed by atoms with E-state index in [4.69, 9.17) is 10.5 Å². The second-order valence-electron chi connectivity index (χ2n) is 7.04. The number of hydrogen-bond acceptors (Lipinski definition) is 4. The zero-order valence-corrected chi connectivity index (χ0v) is 16.3. The molecule has 3 rings (SSSR count). The number of hydrogen-bond donors (Lipinski definition) is 2. The van der Waals surface area contributed by atoms with Gasteiger partial charge in [-0.2, -0.15) is 0 Å². The third-order valence-electron chi connectivity index (χ3n) is 4.81. The number of nitrogens with two attached hydrogens (primary N) is 1. The van der Waals surface area contributed by atoms with E-state index in [0.29, 0.717) is 13.2 Å². The number of morpholine rings is 1. The monoisotopic (exact) mass is 401 g/mol. The van der Waals surface area contributed by atoms with Gasteiger partial charge in [-0.05, 0) is 48.4 Å². The van der Waals surface area contributed by atoms with Gasteiger partial charge < -0.3 is 20.7 Å². The lowest BCUT2D eigenvalue weighted by Gasteiger charge is -2.34. The minimum absolute atomic E-state index is 0.0160.